The average molecular weight is 303 g/mol. The average Bonchev–Trinajstić information content (AvgIpc) is 2.38. The molecule has 88 valence electrons. The summed E-state index contributed by atoms with van der Waals surface area (Å²) >= 11 is 3.23. The van der Waals surface area contributed by atoms with Crippen LogP contribution >= 0.6 is 15.9 Å². The van der Waals surface area contributed by atoms with Gasteiger partial charge in [0.15, 0.2) is 5.82 Å². The van der Waals surface area contributed by atoms with E-state index in [4.69, 9.17) is 0 Å². The maximum Gasteiger partial charge on any atom is 0.162 e. The molecule has 2 nitrogen and oxygen atoms in total. The number of rotatable bonds is 1. The van der Waals surface area contributed by atoms with Gasteiger partial charge in [0.2, 0.25) is 0 Å². The summed E-state index contributed by atoms with van der Waals surface area (Å²) in [5.74, 6) is 0.0679. The highest BCUT2D eigenvalue weighted by Crippen LogP contribution is 2.23. The summed E-state index contributed by atoms with van der Waals surface area (Å²) in [6, 6.07) is 12.5. The standard InChI is InChI=1S/C14H8BrFN2/c15-10-5-6-11(12(16)7-10)14-17-8-9-3-1-2-4-13(9)18-14/h1-8H. The molecular weight excluding hydrogens is 295 g/mol. The fraction of sp³-hybridized carbons (Fsp3) is 0. The van der Waals surface area contributed by atoms with E-state index >= 15 is 0 Å². The molecule has 1 heterocycles. The van der Waals surface area contributed by atoms with Gasteiger partial charge < -0.3 is 0 Å². The zero-order chi connectivity index (χ0) is 12.5. The number of benzene rings is 2. The lowest BCUT2D eigenvalue weighted by Crippen LogP contribution is -1.92. The molecule has 0 spiro atoms. The number of halogens is 2. The molecule has 3 aromatic rings. The van der Waals surface area contributed by atoms with Crippen molar-refractivity contribution in [1.82, 2.24) is 9.97 Å². The van der Waals surface area contributed by atoms with Crippen LogP contribution < -0.4 is 0 Å². The zero-order valence-electron chi connectivity index (χ0n) is 9.27. The molecule has 0 unspecified atom stereocenters. The molecule has 0 saturated heterocycles. The van der Waals surface area contributed by atoms with Crippen LogP contribution in [0.5, 0.6) is 0 Å². The monoisotopic (exact) mass is 302 g/mol. The van der Waals surface area contributed by atoms with Crippen LogP contribution in [0.4, 0.5) is 4.39 Å². The van der Waals surface area contributed by atoms with Gasteiger partial charge in [0.25, 0.3) is 0 Å². The third-order valence-electron chi connectivity index (χ3n) is 2.66. The van der Waals surface area contributed by atoms with Crippen molar-refractivity contribution in [3.05, 3.63) is 59.0 Å². The Morgan fingerprint density at radius 1 is 1.06 bits per heavy atom. The topological polar surface area (TPSA) is 25.8 Å². The highest BCUT2D eigenvalue weighted by molar-refractivity contribution is 9.10. The van der Waals surface area contributed by atoms with Crippen LogP contribution in [-0.2, 0) is 0 Å². The van der Waals surface area contributed by atoms with Crippen molar-refractivity contribution in [3.63, 3.8) is 0 Å². The van der Waals surface area contributed by atoms with E-state index in [9.17, 15) is 4.39 Å². The van der Waals surface area contributed by atoms with Crippen LogP contribution in [0.2, 0.25) is 0 Å². The fourth-order valence-corrected chi connectivity index (χ4v) is 2.11. The number of hydrogen-bond donors (Lipinski definition) is 0. The van der Waals surface area contributed by atoms with Gasteiger partial charge in [0.05, 0.1) is 11.1 Å². The number of para-hydroxylation sites is 1. The minimum absolute atomic E-state index is 0.334. The number of nitrogens with zero attached hydrogens (tertiary/aromatic N) is 2. The van der Waals surface area contributed by atoms with Crippen LogP contribution in [0.3, 0.4) is 0 Å². The summed E-state index contributed by atoms with van der Waals surface area (Å²) in [7, 11) is 0. The minimum Gasteiger partial charge on any atom is -0.236 e. The normalized spacial score (nSPS) is 10.8. The molecule has 0 aliphatic heterocycles. The van der Waals surface area contributed by atoms with Gasteiger partial charge in [-0.1, -0.05) is 34.1 Å². The van der Waals surface area contributed by atoms with Crippen LogP contribution in [0.25, 0.3) is 22.3 Å². The third kappa shape index (κ3) is 1.99. The first-order chi connectivity index (χ1) is 8.74. The lowest BCUT2D eigenvalue weighted by Gasteiger charge is -2.03. The van der Waals surface area contributed by atoms with E-state index in [-0.39, 0.29) is 5.82 Å². The molecule has 0 atom stereocenters. The van der Waals surface area contributed by atoms with E-state index in [0.717, 1.165) is 10.9 Å². The van der Waals surface area contributed by atoms with Crippen molar-refractivity contribution in [1.29, 1.82) is 0 Å². The molecule has 4 heteroatoms. The van der Waals surface area contributed by atoms with E-state index in [1.165, 1.54) is 6.07 Å². The Balaban J connectivity index is 2.19. The van der Waals surface area contributed by atoms with Crippen molar-refractivity contribution in [2.24, 2.45) is 0 Å². The first-order valence-corrected chi connectivity index (χ1v) is 6.20. The molecule has 0 N–H and O–H groups in total. The number of aromatic nitrogens is 2. The first-order valence-electron chi connectivity index (χ1n) is 5.41. The molecule has 0 amide bonds. The molecule has 0 radical (unpaired) electrons. The van der Waals surface area contributed by atoms with Gasteiger partial charge in [0, 0.05) is 16.1 Å². The molecule has 0 fully saturated rings. The summed E-state index contributed by atoms with van der Waals surface area (Å²) in [5, 5.41) is 0.943. The van der Waals surface area contributed by atoms with E-state index in [1.807, 2.05) is 24.3 Å². The van der Waals surface area contributed by atoms with Crippen molar-refractivity contribution in [2.75, 3.05) is 0 Å². The highest BCUT2D eigenvalue weighted by atomic mass is 79.9. The van der Waals surface area contributed by atoms with Gasteiger partial charge in [-0.2, -0.15) is 0 Å². The minimum atomic E-state index is -0.334. The quantitative estimate of drug-likeness (QED) is 0.673. The maximum absolute atomic E-state index is 13.8. The fourth-order valence-electron chi connectivity index (χ4n) is 1.77. The van der Waals surface area contributed by atoms with Gasteiger partial charge in [-0.25, -0.2) is 14.4 Å². The molecule has 1 aromatic heterocycles. The second-order valence-corrected chi connectivity index (χ2v) is 4.79. The largest absolute Gasteiger partial charge is 0.236 e. The van der Waals surface area contributed by atoms with Crippen molar-refractivity contribution in [3.8, 4) is 11.4 Å². The molecule has 3 rings (SSSR count). The lowest BCUT2D eigenvalue weighted by molar-refractivity contribution is 0.629. The molecule has 0 aliphatic rings. The molecule has 0 bridgehead atoms. The second kappa shape index (κ2) is 4.46. The summed E-state index contributed by atoms with van der Waals surface area (Å²) in [6.45, 7) is 0. The number of hydrogen-bond acceptors (Lipinski definition) is 2. The lowest BCUT2D eigenvalue weighted by atomic mass is 10.2. The van der Waals surface area contributed by atoms with E-state index in [1.54, 1.807) is 18.3 Å². The van der Waals surface area contributed by atoms with Gasteiger partial charge in [-0.15, -0.1) is 0 Å². The molecule has 0 saturated carbocycles. The smallest absolute Gasteiger partial charge is 0.162 e. The van der Waals surface area contributed by atoms with E-state index in [2.05, 4.69) is 25.9 Å². The van der Waals surface area contributed by atoms with Crippen molar-refractivity contribution < 1.29 is 4.39 Å². The summed E-state index contributed by atoms with van der Waals surface area (Å²) in [5.41, 5.74) is 1.22. The SMILES string of the molecule is Fc1cc(Br)ccc1-c1ncc2ccccc2n1. The Morgan fingerprint density at radius 2 is 1.89 bits per heavy atom. The molecular formula is C14H8BrFN2. The predicted molar refractivity (Wildman–Crippen MR) is 72.6 cm³/mol. The van der Waals surface area contributed by atoms with Crippen LogP contribution in [0.1, 0.15) is 0 Å². The van der Waals surface area contributed by atoms with Gasteiger partial charge in [-0.05, 0) is 24.3 Å². The maximum atomic E-state index is 13.8. The third-order valence-corrected chi connectivity index (χ3v) is 3.15. The Hall–Kier alpha value is -1.81. The Kier molecular flexibility index (Phi) is 2.80. The van der Waals surface area contributed by atoms with Crippen LogP contribution in [0.15, 0.2) is 53.1 Å². The summed E-state index contributed by atoms with van der Waals surface area (Å²) in [4.78, 5) is 8.57. The second-order valence-electron chi connectivity index (χ2n) is 3.88. The Labute approximate surface area is 112 Å². The van der Waals surface area contributed by atoms with Crippen LogP contribution in [0, 0.1) is 5.82 Å². The summed E-state index contributed by atoms with van der Waals surface area (Å²) < 4.78 is 14.5. The van der Waals surface area contributed by atoms with Crippen molar-refractivity contribution >= 4 is 26.8 Å². The van der Waals surface area contributed by atoms with Crippen molar-refractivity contribution in [2.45, 2.75) is 0 Å². The first kappa shape index (κ1) is 11.3. The van der Waals surface area contributed by atoms with E-state index in [0.29, 0.717) is 15.9 Å². The van der Waals surface area contributed by atoms with E-state index < -0.39 is 0 Å². The van der Waals surface area contributed by atoms with Gasteiger partial charge >= 0.3 is 0 Å². The summed E-state index contributed by atoms with van der Waals surface area (Å²) in [6.07, 6.45) is 1.71. The molecule has 2 aromatic carbocycles. The van der Waals surface area contributed by atoms with Crippen LogP contribution in [-0.4, -0.2) is 9.97 Å². The van der Waals surface area contributed by atoms with Gasteiger partial charge in [0.1, 0.15) is 5.82 Å². The Bertz CT molecular complexity index is 728. The zero-order valence-corrected chi connectivity index (χ0v) is 10.9. The number of fused-ring (bicyclic) bond motifs is 1. The Morgan fingerprint density at radius 3 is 2.72 bits per heavy atom. The predicted octanol–water partition coefficient (Wildman–Crippen LogP) is 4.20. The molecule has 0 aliphatic carbocycles. The highest BCUT2D eigenvalue weighted by Gasteiger charge is 2.08. The molecule has 18 heavy (non-hydrogen) atoms. The van der Waals surface area contributed by atoms with Gasteiger partial charge in [-0.3, -0.25) is 0 Å².